The first-order valence-electron chi connectivity index (χ1n) is 6.20. The van der Waals surface area contributed by atoms with Gasteiger partial charge in [-0.15, -0.1) is 0 Å². The van der Waals surface area contributed by atoms with Crippen molar-refractivity contribution in [1.82, 2.24) is 4.98 Å². The van der Waals surface area contributed by atoms with Crippen molar-refractivity contribution < 1.29 is 0 Å². The van der Waals surface area contributed by atoms with Crippen molar-refractivity contribution in [3.63, 3.8) is 0 Å². The van der Waals surface area contributed by atoms with Crippen LogP contribution in [0, 0.1) is 0 Å². The second-order valence-corrected chi connectivity index (χ2v) is 4.65. The average molecular weight is 219 g/mol. The molecule has 3 nitrogen and oxygen atoms in total. The maximum absolute atomic E-state index is 5.79. The fraction of sp³-hybridized carbons (Fsp3) is 0.615. The molecule has 16 heavy (non-hydrogen) atoms. The highest BCUT2D eigenvalue weighted by atomic mass is 15.2. The van der Waals surface area contributed by atoms with Crippen LogP contribution in [-0.4, -0.2) is 17.6 Å². The smallest absolute Gasteiger partial charge is 0.0569 e. The topological polar surface area (TPSA) is 42.1 Å². The molecule has 1 fully saturated rings. The Balaban J connectivity index is 2.11. The summed E-state index contributed by atoms with van der Waals surface area (Å²) in [5, 5.41) is 0. The summed E-state index contributed by atoms with van der Waals surface area (Å²) in [6.45, 7) is 5.32. The predicted octanol–water partition coefficient (Wildman–Crippen LogP) is 2.48. The summed E-state index contributed by atoms with van der Waals surface area (Å²) in [6.07, 6.45) is 5.81. The summed E-state index contributed by atoms with van der Waals surface area (Å²) in [7, 11) is 0. The van der Waals surface area contributed by atoms with Gasteiger partial charge in [-0.2, -0.15) is 0 Å². The molecular formula is C13H21N3. The zero-order chi connectivity index (χ0) is 11.5. The Morgan fingerprint density at radius 3 is 2.69 bits per heavy atom. The highest BCUT2D eigenvalue weighted by molar-refractivity contribution is 5.47. The molecule has 1 aliphatic carbocycles. The summed E-state index contributed by atoms with van der Waals surface area (Å²) < 4.78 is 0. The fourth-order valence-corrected chi connectivity index (χ4v) is 1.99. The number of pyridine rings is 1. The molecule has 2 N–H and O–H groups in total. The summed E-state index contributed by atoms with van der Waals surface area (Å²) in [5.41, 5.74) is 8.01. The minimum absolute atomic E-state index is 0.0228. The minimum atomic E-state index is 0.0228. The van der Waals surface area contributed by atoms with Crippen LogP contribution in [0.5, 0.6) is 0 Å². The van der Waals surface area contributed by atoms with E-state index in [4.69, 9.17) is 5.73 Å². The van der Waals surface area contributed by atoms with Gasteiger partial charge in [-0.3, -0.25) is 4.98 Å². The Kier molecular flexibility index (Phi) is 3.44. The molecule has 0 amide bonds. The summed E-state index contributed by atoms with van der Waals surface area (Å²) in [6, 6.07) is 4.97. The average Bonchev–Trinajstić information content (AvgIpc) is 3.10. The molecule has 0 saturated heterocycles. The third-order valence-electron chi connectivity index (χ3n) is 3.02. The van der Waals surface area contributed by atoms with Crippen LogP contribution in [0.25, 0.3) is 0 Å². The van der Waals surface area contributed by atoms with E-state index in [1.807, 2.05) is 19.2 Å². The molecule has 1 aromatic heterocycles. The largest absolute Gasteiger partial charge is 0.367 e. The molecule has 1 atom stereocenters. The maximum Gasteiger partial charge on any atom is 0.0569 e. The molecule has 1 heterocycles. The lowest BCUT2D eigenvalue weighted by atomic mass is 10.2. The van der Waals surface area contributed by atoms with E-state index in [-0.39, 0.29) is 6.04 Å². The van der Waals surface area contributed by atoms with E-state index < -0.39 is 0 Å². The zero-order valence-corrected chi connectivity index (χ0v) is 10.2. The van der Waals surface area contributed by atoms with Crippen LogP contribution in [0.1, 0.15) is 44.8 Å². The molecule has 0 aromatic carbocycles. The van der Waals surface area contributed by atoms with Gasteiger partial charge in [0.15, 0.2) is 0 Å². The van der Waals surface area contributed by atoms with Gasteiger partial charge in [0.2, 0.25) is 0 Å². The molecule has 1 unspecified atom stereocenters. The molecular weight excluding hydrogens is 198 g/mol. The Bertz CT molecular complexity index is 328. The van der Waals surface area contributed by atoms with E-state index in [0.29, 0.717) is 0 Å². The van der Waals surface area contributed by atoms with E-state index in [2.05, 4.69) is 22.9 Å². The van der Waals surface area contributed by atoms with Gasteiger partial charge < -0.3 is 10.6 Å². The van der Waals surface area contributed by atoms with Gasteiger partial charge in [-0.1, -0.05) is 6.92 Å². The van der Waals surface area contributed by atoms with E-state index in [0.717, 1.165) is 18.3 Å². The molecule has 3 heteroatoms. The standard InChI is InChI=1S/C13H21N3/c1-3-8-16(11-4-5-11)12-6-7-13(10(2)14)15-9-12/h6-7,9-11H,3-5,8,14H2,1-2H3. The van der Waals surface area contributed by atoms with Gasteiger partial charge in [0.25, 0.3) is 0 Å². The fourth-order valence-electron chi connectivity index (χ4n) is 1.99. The number of aromatic nitrogens is 1. The van der Waals surface area contributed by atoms with Crippen LogP contribution >= 0.6 is 0 Å². The predicted molar refractivity (Wildman–Crippen MR) is 67.5 cm³/mol. The van der Waals surface area contributed by atoms with Gasteiger partial charge >= 0.3 is 0 Å². The first-order valence-corrected chi connectivity index (χ1v) is 6.20. The van der Waals surface area contributed by atoms with Crippen molar-refractivity contribution in [1.29, 1.82) is 0 Å². The van der Waals surface area contributed by atoms with Gasteiger partial charge in [0.05, 0.1) is 17.6 Å². The number of hydrogen-bond acceptors (Lipinski definition) is 3. The summed E-state index contributed by atoms with van der Waals surface area (Å²) in [4.78, 5) is 6.90. The highest BCUT2D eigenvalue weighted by Crippen LogP contribution is 2.31. The van der Waals surface area contributed by atoms with Crippen LogP contribution in [0.4, 0.5) is 5.69 Å². The molecule has 2 rings (SSSR count). The molecule has 88 valence electrons. The third-order valence-corrected chi connectivity index (χ3v) is 3.02. The molecule has 0 radical (unpaired) electrons. The number of nitrogens with two attached hydrogens (primary N) is 1. The molecule has 0 spiro atoms. The zero-order valence-electron chi connectivity index (χ0n) is 10.2. The van der Waals surface area contributed by atoms with Crippen molar-refractivity contribution in [2.45, 2.75) is 45.2 Å². The second kappa shape index (κ2) is 4.83. The molecule has 1 aromatic rings. The quantitative estimate of drug-likeness (QED) is 0.827. The lowest BCUT2D eigenvalue weighted by molar-refractivity contribution is 0.751. The van der Waals surface area contributed by atoms with Gasteiger partial charge in [-0.25, -0.2) is 0 Å². The van der Waals surface area contributed by atoms with Gasteiger partial charge in [0.1, 0.15) is 0 Å². The summed E-state index contributed by atoms with van der Waals surface area (Å²) >= 11 is 0. The van der Waals surface area contributed by atoms with E-state index in [9.17, 15) is 0 Å². The minimum Gasteiger partial charge on any atom is -0.367 e. The molecule has 1 aliphatic rings. The Hall–Kier alpha value is -1.09. The van der Waals surface area contributed by atoms with Crippen LogP contribution in [0.15, 0.2) is 18.3 Å². The monoisotopic (exact) mass is 219 g/mol. The lowest BCUT2D eigenvalue weighted by Gasteiger charge is -2.24. The lowest BCUT2D eigenvalue weighted by Crippen LogP contribution is -2.26. The Morgan fingerprint density at radius 1 is 1.50 bits per heavy atom. The Morgan fingerprint density at radius 2 is 2.25 bits per heavy atom. The van der Waals surface area contributed by atoms with Gasteiger partial charge in [-0.05, 0) is 38.3 Å². The maximum atomic E-state index is 5.79. The number of hydrogen-bond donors (Lipinski definition) is 1. The SMILES string of the molecule is CCCN(c1ccc(C(C)N)nc1)C1CC1. The summed E-state index contributed by atoms with van der Waals surface area (Å²) in [5.74, 6) is 0. The van der Waals surface area contributed by atoms with E-state index in [1.54, 1.807) is 0 Å². The van der Waals surface area contributed by atoms with Crippen LogP contribution in [0.3, 0.4) is 0 Å². The third kappa shape index (κ3) is 2.53. The molecule has 0 bridgehead atoms. The number of nitrogens with zero attached hydrogens (tertiary/aromatic N) is 2. The van der Waals surface area contributed by atoms with Gasteiger partial charge in [0, 0.05) is 18.6 Å². The first-order chi connectivity index (χ1) is 7.72. The number of rotatable bonds is 5. The van der Waals surface area contributed by atoms with E-state index >= 15 is 0 Å². The van der Waals surface area contributed by atoms with E-state index in [1.165, 1.54) is 24.9 Å². The van der Waals surface area contributed by atoms with Crippen LogP contribution < -0.4 is 10.6 Å². The van der Waals surface area contributed by atoms with Crippen molar-refractivity contribution in [2.75, 3.05) is 11.4 Å². The molecule has 1 saturated carbocycles. The molecule has 0 aliphatic heterocycles. The van der Waals surface area contributed by atoms with Crippen LogP contribution in [-0.2, 0) is 0 Å². The normalized spacial score (nSPS) is 17.2. The number of anilines is 1. The van der Waals surface area contributed by atoms with Crippen LogP contribution in [0.2, 0.25) is 0 Å². The first kappa shape index (κ1) is 11.4. The van der Waals surface area contributed by atoms with Crippen molar-refractivity contribution in [3.05, 3.63) is 24.0 Å². The van der Waals surface area contributed by atoms with Crippen molar-refractivity contribution >= 4 is 5.69 Å². The Labute approximate surface area is 97.7 Å². The highest BCUT2D eigenvalue weighted by Gasteiger charge is 2.28. The van der Waals surface area contributed by atoms with Crippen molar-refractivity contribution in [3.8, 4) is 0 Å². The second-order valence-electron chi connectivity index (χ2n) is 4.65. The van der Waals surface area contributed by atoms with Crippen molar-refractivity contribution in [2.24, 2.45) is 5.73 Å².